The molecule has 2 aromatic rings. The lowest BCUT2D eigenvalue weighted by Crippen LogP contribution is -2.21. The first-order valence-corrected chi connectivity index (χ1v) is 7.58. The molecule has 3 rings (SSSR count). The van der Waals surface area contributed by atoms with Gasteiger partial charge in [-0.15, -0.1) is 10.2 Å². The summed E-state index contributed by atoms with van der Waals surface area (Å²) in [5.41, 5.74) is 5.75. The van der Waals surface area contributed by atoms with Crippen LogP contribution in [0, 0.1) is 6.92 Å². The van der Waals surface area contributed by atoms with Gasteiger partial charge in [-0.05, 0) is 31.5 Å². The molecule has 0 saturated carbocycles. The van der Waals surface area contributed by atoms with Crippen LogP contribution in [-0.2, 0) is 0 Å². The van der Waals surface area contributed by atoms with E-state index in [1.54, 1.807) is 0 Å². The van der Waals surface area contributed by atoms with Gasteiger partial charge in [-0.2, -0.15) is 15.0 Å². The standard InChI is InChI=1S/C10H13N7S2/c1-6-15-16-10(18-6)19-9-13-7(11)12-8(14-9)17-4-2-3-5-17/h2-5H2,1H3,(H2,11,12,13,14). The highest BCUT2D eigenvalue weighted by molar-refractivity contribution is 8.00. The van der Waals surface area contributed by atoms with Crippen LogP contribution in [0.25, 0.3) is 0 Å². The monoisotopic (exact) mass is 295 g/mol. The number of nitrogens with two attached hydrogens (primary N) is 1. The van der Waals surface area contributed by atoms with Crippen molar-refractivity contribution >= 4 is 35.0 Å². The zero-order valence-corrected chi connectivity index (χ0v) is 12.0. The van der Waals surface area contributed by atoms with Crippen molar-refractivity contribution in [1.29, 1.82) is 0 Å². The molecule has 0 bridgehead atoms. The lowest BCUT2D eigenvalue weighted by atomic mass is 10.4. The van der Waals surface area contributed by atoms with Crippen LogP contribution < -0.4 is 10.6 Å². The topological polar surface area (TPSA) is 93.7 Å². The maximum atomic E-state index is 5.75. The van der Waals surface area contributed by atoms with Gasteiger partial charge in [-0.3, -0.25) is 0 Å². The van der Waals surface area contributed by atoms with Gasteiger partial charge in [0.05, 0.1) is 0 Å². The minimum absolute atomic E-state index is 0.251. The van der Waals surface area contributed by atoms with Crippen LogP contribution >= 0.6 is 23.1 Å². The summed E-state index contributed by atoms with van der Waals surface area (Å²) in [6.07, 6.45) is 2.34. The summed E-state index contributed by atoms with van der Waals surface area (Å²) in [5.74, 6) is 0.911. The summed E-state index contributed by atoms with van der Waals surface area (Å²) in [6, 6.07) is 0. The van der Waals surface area contributed by atoms with Crippen molar-refractivity contribution in [1.82, 2.24) is 25.1 Å². The van der Waals surface area contributed by atoms with Gasteiger partial charge in [0.1, 0.15) is 5.01 Å². The Labute approximate surface area is 118 Å². The molecule has 7 nitrogen and oxygen atoms in total. The van der Waals surface area contributed by atoms with E-state index in [0.717, 1.165) is 22.4 Å². The number of nitrogen functional groups attached to an aromatic ring is 1. The zero-order valence-electron chi connectivity index (χ0n) is 10.4. The molecule has 1 saturated heterocycles. The van der Waals surface area contributed by atoms with E-state index in [1.165, 1.54) is 35.9 Å². The van der Waals surface area contributed by atoms with Crippen LogP contribution in [0.4, 0.5) is 11.9 Å². The molecule has 1 aliphatic rings. The fourth-order valence-electron chi connectivity index (χ4n) is 1.86. The number of aromatic nitrogens is 5. The molecule has 2 aromatic heterocycles. The van der Waals surface area contributed by atoms with Gasteiger partial charge in [-0.1, -0.05) is 11.3 Å². The van der Waals surface area contributed by atoms with Crippen LogP contribution in [-0.4, -0.2) is 38.2 Å². The fourth-order valence-corrected chi connectivity index (χ4v) is 3.54. The average Bonchev–Trinajstić information content (AvgIpc) is 3.00. The molecular weight excluding hydrogens is 282 g/mol. The van der Waals surface area contributed by atoms with Crippen molar-refractivity contribution in [2.75, 3.05) is 23.7 Å². The SMILES string of the molecule is Cc1nnc(Sc2nc(N)nc(N3CCCC3)n2)s1. The van der Waals surface area contributed by atoms with E-state index in [0.29, 0.717) is 11.1 Å². The largest absolute Gasteiger partial charge is 0.368 e. The van der Waals surface area contributed by atoms with Gasteiger partial charge < -0.3 is 10.6 Å². The Kier molecular flexibility index (Phi) is 3.47. The van der Waals surface area contributed by atoms with Gasteiger partial charge in [0.25, 0.3) is 0 Å². The smallest absolute Gasteiger partial charge is 0.231 e. The Bertz CT molecular complexity index is 579. The minimum atomic E-state index is 0.251. The zero-order chi connectivity index (χ0) is 13.2. The van der Waals surface area contributed by atoms with Crippen molar-refractivity contribution in [3.8, 4) is 0 Å². The summed E-state index contributed by atoms with van der Waals surface area (Å²) in [7, 11) is 0. The molecule has 9 heteroatoms. The Balaban J connectivity index is 1.84. The Morgan fingerprint density at radius 1 is 1.16 bits per heavy atom. The average molecular weight is 295 g/mol. The third kappa shape index (κ3) is 2.92. The molecule has 0 aromatic carbocycles. The van der Waals surface area contributed by atoms with Crippen molar-refractivity contribution in [3.63, 3.8) is 0 Å². The van der Waals surface area contributed by atoms with Crippen molar-refractivity contribution in [3.05, 3.63) is 5.01 Å². The minimum Gasteiger partial charge on any atom is -0.368 e. The van der Waals surface area contributed by atoms with E-state index in [2.05, 4.69) is 30.0 Å². The summed E-state index contributed by atoms with van der Waals surface area (Å²) < 4.78 is 0.815. The molecule has 0 atom stereocenters. The third-order valence-electron chi connectivity index (χ3n) is 2.70. The molecule has 1 aliphatic heterocycles. The quantitative estimate of drug-likeness (QED) is 0.907. The van der Waals surface area contributed by atoms with Gasteiger partial charge in [0.2, 0.25) is 17.1 Å². The maximum absolute atomic E-state index is 5.75. The number of anilines is 2. The molecule has 2 N–H and O–H groups in total. The highest BCUT2D eigenvalue weighted by Gasteiger charge is 2.17. The van der Waals surface area contributed by atoms with Crippen molar-refractivity contribution < 1.29 is 0 Å². The van der Waals surface area contributed by atoms with E-state index in [9.17, 15) is 0 Å². The van der Waals surface area contributed by atoms with Gasteiger partial charge in [-0.25, -0.2) is 0 Å². The van der Waals surface area contributed by atoms with Crippen molar-refractivity contribution in [2.45, 2.75) is 29.3 Å². The second-order valence-electron chi connectivity index (χ2n) is 4.16. The maximum Gasteiger partial charge on any atom is 0.231 e. The van der Waals surface area contributed by atoms with Crippen LogP contribution in [0.15, 0.2) is 9.50 Å². The first kappa shape index (κ1) is 12.5. The molecule has 1 fully saturated rings. The predicted octanol–water partition coefficient (Wildman–Crippen LogP) is 1.37. The normalized spacial score (nSPS) is 15.1. The second kappa shape index (κ2) is 5.25. The lowest BCUT2D eigenvalue weighted by Gasteiger charge is -2.15. The molecule has 0 radical (unpaired) electrons. The first-order valence-electron chi connectivity index (χ1n) is 5.95. The van der Waals surface area contributed by atoms with Crippen LogP contribution in [0.3, 0.4) is 0 Å². The Hall–Kier alpha value is -1.48. The lowest BCUT2D eigenvalue weighted by molar-refractivity contribution is 0.832. The van der Waals surface area contributed by atoms with Gasteiger partial charge in [0, 0.05) is 13.1 Å². The van der Waals surface area contributed by atoms with Gasteiger partial charge in [0.15, 0.2) is 4.34 Å². The first-order chi connectivity index (χ1) is 9.20. The number of hydrogen-bond donors (Lipinski definition) is 1. The molecular formula is C10H13N7S2. The number of aryl methyl sites for hydroxylation is 1. The molecule has 0 unspecified atom stereocenters. The van der Waals surface area contributed by atoms with Crippen LogP contribution in [0.2, 0.25) is 0 Å². The Morgan fingerprint density at radius 2 is 1.95 bits per heavy atom. The number of rotatable bonds is 3. The fraction of sp³-hybridized carbons (Fsp3) is 0.500. The van der Waals surface area contributed by atoms with Crippen LogP contribution in [0.5, 0.6) is 0 Å². The van der Waals surface area contributed by atoms with Gasteiger partial charge >= 0.3 is 0 Å². The van der Waals surface area contributed by atoms with E-state index in [1.807, 2.05) is 6.92 Å². The summed E-state index contributed by atoms with van der Waals surface area (Å²) in [6.45, 7) is 3.87. The van der Waals surface area contributed by atoms with Crippen molar-refractivity contribution in [2.24, 2.45) is 0 Å². The molecule has 3 heterocycles. The van der Waals surface area contributed by atoms with E-state index in [-0.39, 0.29) is 5.95 Å². The summed E-state index contributed by atoms with van der Waals surface area (Å²) in [4.78, 5) is 14.9. The van der Waals surface area contributed by atoms with E-state index >= 15 is 0 Å². The molecule has 100 valence electrons. The van der Waals surface area contributed by atoms with Crippen LogP contribution in [0.1, 0.15) is 17.8 Å². The predicted molar refractivity (Wildman–Crippen MR) is 74.5 cm³/mol. The molecule has 0 aliphatic carbocycles. The van der Waals surface area contributed by atoms with E-state index in [4.69, 9.17) is 5.73 Å². The second-order valence-corrected chi connectivity index (χ2v) is 6.56. The molecule has 0 spiro atoms. The molecule has 19 heavy (non-hydrogen) atoms. The highest BCUT2D eigenvalue weighted by Crippen LogP contribution is 2.29. The third-order valence-corrected chi connectivity index (χ3v) is 4.45. The highest BCUT2D eigenvalue weighted by atomic mass is 32.2. The van der Waals surface area contributed by atoms with E-state index < -0.39 is 0 Å². The Morgan fingerprint density at radius 3 is 2.63 bits per heavy atom. The summed E-state index contributed by atoms with van der Waals surface area (Å²) >= 11 is 2.88. The summed E-state index contributed by atoms with van der Waals surface area (Å²) in [5, 5.41) is 9.51. The number of nitrogens with zero attached hydrogens (tertiary/aromatic N) is 6. The number of hydrogen-bond acceptors (Lipinski definition) is 9. The molecule has 0 amide bonds.